The normalized spacial score (nSPS) is 20.1. The third kappa shape index (κ3) is 1.45. The zero-order chi connectivity index (χ0) is 6.69. The maximum Gasteiger partial charge on any atom is 0.226 e. The Kier molecular flexibility index (Phi) is 2.11. The summed E-state index contributed by atoms with van der Waals surface area (Å²) in [6, 6.07) is 0. The average Bonchev–Trinajstić information content (AvgIpc) is 2.18. The molecule has 9 heavy (non-hydrogen) atoms. The van der Waals surface area contributed by atoms with E-state index < -0.39 is 0 Å². The summed E-state index contributed by atoms with van der Waals surface area (Å²) >= 11 is 5.27. The van der Waals surface area contributed by atoms with Crippen molar-refractivity contribution in [2.75, 3.05) is 6.54 Å². The molecule has 0 bridgehead atoms. The van der Waals surface area contributed by atoms with Gasteiger partial charge in [-0.1, -0.05) is 11.6 Å². The molecule has 0 N–H and O–H groups in total. The van der Waals surface area contributed by atoms with Crippen LogP contribution >= 0.6 is 11.6 Å². The molecule has 1 saturated heterocycles. The molecule has 0 atom stereocenters. The minimum absolute atomic E-state index is 0.173. The van der Waals surface area contributed by atoms with Crippen LogP contribution in [0.4, 0.5) is 0 Å². The van der Waals surface area contributed by atoms with Crippen LogP contribution in [0.3, 0.4) is 0 Å². The van der Waals surface area contributed by atoms with Gasteiger partial charge in [-0.05, 0) is 6.42 Å². The molecule has 0 aromatic rings. The molecule has 1 fully saturated rings. The van der Waals surface area contributed by atoms with E-state index in [4.69, 9.17) is 11.6 Å². The predicted octanol–water partition coefficient (Wildman–Crippen LogP) is 1.32. The van der Waals surface area contributed by atoms with Crippen molar-refractivity contribution in [3.05, 3.63) is 11.7 Å². The van der Waals surface area contributed by atoms with E-state index in [1.165, 1.54) is 5.54 Å². The van der Waals surface area contributed by atoms with E-state index in [1.54, 1.807) is 11.1 Å². The van der Waals surface area contributed by atoms with Gasteiger partial charge in [0.05, 0.1) is 0 Å². The highest BCUT2D eigenvalue weighted by Gasteiger charge is 2.16. The zero-order valence-corrected chi connectivity index (χ0v) is 5.77. The minimum atomic E-state index is 0.173. The highest BCUT2D eigenvalue weighted by molar-refractivity contribution is 6.25. The second-order valence-corrected chi connectivity index (χ2v) is 2.22. The molecular formula is C6H8ClNO. The maximum absolute atomic E-state index is 10.8. The van der Waals surface area contributed by atoms with Crippen LogP contribution < -0.4 is 0 Å². The van der Waals surface area contributed by atoms with Gasteiger partial charge >= 0.3 is 0 Å². The minimum Gasteiger partial charge on any atom is -0.318 e. The van der Waals surface area contributed by atoms with E-state index >= 15 is 0 Å². The summed E-state index contributed by atoms with van der Waals surface area (Å²) in [6.07, 6.45) is 3.23. The Labute approximate surface area is 59.1 Å². The standard InChI is InChI=1S/C6H8ClNO/c7-3-5-8-4-1-2-6(8)9/h3,5H,1-2,4H2/b5-3+. The fraction of sp³-hybridized carbons (Fsp3) is 0.500. The lowest BCUT2D eigenvalue weighted by Crippen LogP contribution is -2.16. The molecule has 0 spiro atoms. The second-order valence-electron chi connectivity index (χ2n) is 1.97. The van der Waals surface area contributed by atoms with Crippen molar-refractivity contribution in [2.45, 2.75) is 12.8 Å². The maximum atomic E-state index is 10.8. The van der Waals surface area contributed by atoms with Crippen molar-refractivity contribution < 1.29 is 4.79 Å². The van der Waals surface area contributed by atoms with Crippen LogP contribution in [0.25, 0.3) is 0 Å². The lowest BCUT2D eigenvalue weighted by molar-refractivity contribution is -0.125. The smallest absolute Gasteiger partial charge is 0.226 e. The Hall–Kier alpha value is -0.500. The summed E-state index contributed by atoms with van der Waals surface area (Å²) in [7, 11) is 0. The van der Waals surface area contributed by atoms with Gasteiger partial charge in [0.1, 0.15) is 0 Å². The molecule has 50 valence electrons. The summed E-state index contributed by atoms with van der Waals surface area (Å²) in [4.78, 5) is 12.4. The molecule has 1 aliphatic heterocycles. The van der Waals surface area contributed by atoms with Crippen molar-refractivity contribution in [2.24, 2.45) is 0 Å². The molecule has 0 aromatic carbocycles. The van der Waals surface area contributed by atoms with Gasteiger partial charge in [-0.15, -0.1) is 0 Å². The van der Waals surface area contributed by atoms with Gasteiger partial charge in [0, 0.05) is 24.7 Å². The molecule has 0 saturated carbocycles. The molecule has 2 nitrogen and oxygen atoms in total. The summed E-state index contributed by atoms with van der Waals surface area (Å²) in [5, 5.41) is 0. The molecule has 0 radical (unpaired) electrons. The first-order valence-corrected chi connectivity index (χ1v) is 3.34. The number of carbonyl (C=O) groups is 1. The number of likely N-dealkylation sites (tertiary alicyclic amines) is 1. The molecule has 1 rings (SSSR count). The Morgan fingerprint density at radius 1 is 1.67 bits per heavy atom. The lowest BCUT2D eigenvalue weighted by Gasteiger charge is -2.05. The zero-order valence-electron chi connectivity index (χ0n) is 5.01. The number of rotatable bonds is 1. The monoisotopic (exact) mass is 145 g/mol. The first-order valence-electron chi connectivity index (χ1n) is 2.91. The Balaban J connectivity index is 2.49. The SMILES string of the molecule is O=C1CCCN1/C=C/Cl. The van der Waals surface area contributed by atoms with Gasteiger partial charge in [-0.2, -0.15) is 0 Å². The highest BCUT2D eigenvalue weighted by Crippen LogP contribution is 2.09. The van der Waals surface area contributed by atoms with E-state index in [0.717, 1.165) is 13.0 Å². The number of hydrogen-bond donors (Lipinski definition) is 0. The van der Waals surface area contributed by atoms with Crippen LogP contribution in [0, 0.1) is 0 Å². The van der Waals surface area contributed by atoms with Gasteiger partial charge in [-0.25, -0.2) is 0 Å². The molecule has 3 heteroatoms. The average molecular weight is 146 g/mol. The van der Waals surface area contributed by atoms with Gasteiger partial charge in [0.15, 0.2) is 0 Å². The molecule has 1 amide bonds. The molecule has 0 unspecified atom stereocenters. The molecule has 0 aromatic heterocycles. The predicted molar refractivity (Wildman–Crippen MR) is 35.9 cm³/mol. The Bertz CT molecular complexity index is 144. The molecule has 1 aliphatic rings. The third-order valence-electron chi connectivity index (χ3n) is 1.35. The number of carbonyl (C=O) groups excluding carboxylic acids is 1. The van der Waals surface area contributed by atoms with E-state index in [1.807, 2.05) is 0 Å². The lowest BCUT2D eigenvalue weighted by atomic mass is 10.4. The van der Waals surface area contributed by atoms with Gasteiger partial charge in [0.2, 0.25) is 5.91 Å². The third-order valence-corrected chi connectivity index (χ3v) is 1.46. The Morgan fingerprint density at radius 3 is 2.89 bits per heavy atom. The van der Waals surface area contributed by atoms with E-state index in [9.17, 15) is 4.79 Å². The topological polar surface area (TPSA) is 20.3 Å². The second kappa shape index (κ2) is 2.87. The van der Waals surface area contributed by atoms with Crippen molar-refractivity contribution in [1.82, 2.24) is 4.90 Å². The van der Waals surface area contributed by atoms with E-state index in [-0.39, 0.29) is 5.91 Å². The quantitative estimate of drug-likeness (QED) is 0.545. The Morgan fingerprint density at radius 2 is 2.44 bits per heavy atom. The van der Waals surface area contributed by atoms with Crippen LogP contribution in [0.1, 0.15) is 12.8 Å². The van der Waals surface area contributed by atoms with Gasteiger partial charge < -0.3 is 4.90 Å². The molecular weight excluding hydrogens is 138 g/mol. The number of amides is 1. The van der Waals surface area contributed by atoms with Crippen molar-refractivity contribution >= 4 is 17.5 Å². The van der Waals surface area contributed by atoms with Gasteiger partial charge in [-0.3, -0.25) is 4.79 Å². The van der Waals surface area contributed by atoms with Crippen molar-refractivity contribution in [3.8, 4) is 0 Å². The largest absolute Gasteiger partial charge is 0.318 e. The van der Waals surface area contributed by atoms with Crippen LogP contribution in [-0.4, -0.2) is 17.4 Å². The van der Waals surface area contributed by atoms with Crippen LogP contribution in [0.5, 0.6) is 0 Å². The number of hydrogen-bond acceptors (Lipinski definition) is 1. The fourth-order valence-corrected chi connectivity index (χ4v) is 1.03. The van der Waals surface area contributed by atoms with Crippen molar-refractivity contribution in [1.29, 1.82) is 0 Å². The van der Waals surface area contributed by atoms with Gasteiger partial charge in [0.25, 0.3) is 0 Å². The summed E-state index contributed by atoms with van der Waals surface area (Å²) in [5.41, 5.74) is 1.36. The van der Waals surface area contributed by atoms with Crippen LogP contribution in [-0.2, 0) is 4.79 Å². The van der Waals surface area contributed by atoms with Crippen LogP contribution in [0.2, 0.25) is 0 Å². The number of nitrogens with zero attached hydrogens (tertiary/aromatic N) is 1. The van der Waals surface area contributed by atoms with Crippen molar-refractivity contribution in [3.63, 3.8) is 0 Å². The summed E-state index contributed by atoms with van der Waals surface area (Å²) < 4.78 is 0. The fourth-order valence-electron chi connectivity index (χ4n) is 0.895. The number of halogens is 1. The first kappa shape index (κ1) is 6.62. The first-order chi connectivity index (χ1) is 4.34. The molecule has 1 heterocycles. The highest BCUT2D eigenvalue weighted by atomic mass is 35.5. The summed E-state index contributed by atoms with van der Waals surface area (Å²) in [6.45, 7) is 0.821. The molecule has 0 aliphatic carbocycles. The van der Waals surface area contributed by atoms with E-state index in [0.29, 0.717) is 6.42 Å². The van der Waals surface area contributed by atoms with E-state index in [2.05, 4.69) is 0 Å². The van der Waals surface area contributed by atoms with Crippen LogP contribution in [0.15, 0.2) is 11.7 Å². The summed E-state index contributed by atoms with van der Waals surface area (Å²) in [5.74, 6) is 0.173.